The van der Waals surface area contributed by atoms with E-state index < -0.39 is 80.5 Å². The number of ether oxygens (including phenoxy) is 5. The van der Waals surface area contributed by atoms with Crippen molar-refractivity contribution >= 4 is 11.9 Å². The lowest BCUT2D eigenvalue weighted by molar-refractivity contribution is -0.321. The quantitative estimate of drug-likeness (QED) is 0.0838. The number of hydrogen-bond acceptors (Lipinski definition) is 13. The molecule has 0 aromatic rings. The Hall–Kier alpha value is -1.46. The highest BCUT2D eigenvalue weighted by Crippen LogP contribution is 2.26. The van der Waals surface area contributed by atoms with Crippen molar-refractivity contribution in [3.05, 3.63) is 0 Å². The zero-order chi connectivity index (χ0) is 28.2. The highest BCUT2D eigenvalue weighted by Gasteiger charge is 2.48. The van der Waals surface area contributed by atoms with Crippen molar-refractivity contribution in [3.8, 4) is 0 Å². The average molecular weight is 554 g/mol. The molecule has 2 heterocycles. The van der Waals surface area contributed by atoms with E-state index in [9.17, 15) is 40.2 Å². The SMILES string of the molecule is COC(=O)CCCCCCCCO[C@@H]1O[C@H](CO[C@H]2O[C@H](CO)[C@H](O)[C@H](O)[C@H]2O)[C@@H](O)[C@H](O)[C@H]1NC(C)=O. The number of hydrogen-bond donors (Lipinski definition) is 7. The molecule has 7 N–H and O–H groups in total. The van der Waals surface area contributed by atoms with Crippen LogP contribution in [0.5, 0.6) is 0 Å². The Morgan fingerprint density at radius 3 is 2.00 bits per heavy atom. The number of carbonyl (C=O) groups excluding carboxylic acids is 2. The van der Waals surface area contributed by atoms with Crippen LogP contribution in [0.4, 0.5) is 0 Å². The number of methoxy groups -OCH3 is 1. The summed E-state index contributed by atoms with van der Waals surface area (Å²) in [6.07, 6.45) is -7.18. The maximum absolute atomic E-state index is 11.7. The molecule has 0 aromatic carbocycles. The molecule has 14 nitrogen and oxygen atoms in total. The van der Waals surface area contributed by atoms with Gasteiger partial charge in [-0.2, -0.15) is 0 Å². The molecule has 0 aliphatic carbocycles. The summed E-state index contributed by atoms with van der Waals surface area (Å²) in [5.41, 5.74) is 0. The average Bonchev–Trinajstić information content (AvgIpc) is 2.89. The minimum absolute atomic E-state index is 0.219. The Labute approximate surface area is 221 Å². The second-order valence-corrected chi connectivity index (χ2v) is 9.60. The van der Waals surface area contributed by atoms with Gasteiger partial charge in [-0.3, -0.25) is 9.59 Å². The number of esters is 1. The summed E-state index contributed by atoms with van der Waals surface area (Å²) in [4.78, 5) is 22.8. The lowest BCUT2D eigenvalue weighted by Gasteiger charge is -2.44. The lowest BCUT2D eigenvalue weighted by atomic mass is 9.96. The lowest BCUT2D eigenvalue weighted by Crippen LogP contribution is -2.65. The van der Waals surface area contributed by atoms with Gasteiger partial charge in [0, 0.05) is 20.0 Å². The summed E-state index contributed by atoms with van der Waals surface area (Å²) in [5.74, 6) is -0.676. The summed E-state index contributed by atoms with van der Waals surface area (Å²) in [6.45, 7) is 0.476. The number of unbranched alkanes of at least 4 members (excludes halogenated alkanes) is 5. The molecule has 2 aliphatic rings. The first-order valence-electron chi connectivity index (χ1n) is 13.0. The van der Waals surface area contributed by atoms with Crippen molar-refractivity contribution in [1.82, 2.24) is 5.32 Å². The van der Waals surface area contributed by atoms with Crippen LogP contribution >= 0.6 is 0 Å². The van der Waals surface area contributed by atoms with Gasteiger partial charge in [-0.05, 0) is 12.8 Å². The number of rotatable bonds is 15. The third-order valence-electron chi connectivity index (χ3n) is 6.63. The fraction of sp³-hybridized carbons (Fsp3) is 0.917. The fourth-order valence-corrected chi connectivity index (χ4v) is 4.37. The van der Waals surface area contributed by atoms with Crippen molar-refractivity contribution in [1.29, 1.82) is 0 Å². The first kappa shape index (κ1) is 32.8. The Morgan fingerprint density at radius 1 is 0.763 bits per heavy atom. The topological polar surface area (TPSA) is 214 Å². The molecule has 1 amide bonds. The van der Waals surface area contributed by atoms with E-state index in [1.165, 1.54) is 14.0 Å². The van der Waals surface area contributed by atoms with Gasteiger partial charge in [0.2, 0.25) is 5.91 Å². The van der Waals surface area contributed by atoms with Crippen LogP contribution in [0.15, 0.2) is 0 Å². The zero-order valence-electron chi connectivity index (χ0n) is 21.9. The van der Waals surface area contributed by atoms with Crippen molar-refractivity contribution in [2.45, 2.75) is 113 Å². The van der Waals surface area contributed by atoms with Crippen LogP contribution in [0.1, 0.15) is 51.9 Å². The molecule has 38 heavy (non-hydrogen) atoms. The van der Waals surface area contributed by atoms with E-state index >= 15 is 0 Å². The molecule has 10 atom stereocenters. The third kappa shape index (κ3) is 9.62. The van der Waals surface area contributed by atoms with Gasteiger partial charge in [0.1, 0.15) is 48.8 Å². The Morgan fingerprint density at radius 2 is 1.37 bits per heavy atom. The summed E-state index contributed by atoms with van der Waals surface area (Å²) in [7, 11) is 1.37. The highest BCUT2D eigenvalue weighted by molar-refractivity contribution is 5.73. The molecular formula is C24H43NO13. The molecule has 2 aliphatic heterocycles. The second kappa shape index (κ2) is 16.6. The third-order valence-corrected chi connectivity index (χ3v) is 6.63. The molecule has 2 fully saturated rings. The maximum Gasteiger partial charge on any atom is 0.305 e. The Bertz CT molecular complexity index is 711. The molecule has 2 saturated heterocycles. The summed E-state index contributed by atoms with van der Waals surface area (Å²) >= 11 is 0. The Kier molecular flexibility index (Phi) is 14.3. The number of nitrogens with one attached hydrogen (secondary N) is 1. The fourth-order valence-electron chi connectivity index (χ4n) is 4.37. The summed E-state index contributed by atoms with van der Waals surface area (Å²) in [6, 6.07) is -1.05. The van der Waals surface area contributed by atoms with Gasteiger partial charge in [0.15, 0.2) is 12.6 Å². The normalized spacial score (nSPS) is 35.6. The predicted octanol–water partition coefficient (Wildman–Crippen LogP) is -2.33. The van der Waals surface area contributed by atoms with Gasteiger partial charge < -0.3 is 59.6 Å². The number of carbonyl (C=O) groups is 2. The number of amides is 1. The smallest absolute Gasteiger partial charge is 0.305 e. The summed E-state index contributed by atoms with van der Waals surface area (Å²) in [5, 5.41) is 63.0. The van der Waals surface area contributed by atoms with E-state index in [0.29, 0.717) is 12.8 Å². The molecule has 222 valence electrons. The first-order chi connectivity index (χ1) is 18.1. The van der Waals surface area contributed by atoms with E-state index in [1.54, 1.807) is 0 Å². The second-order valence-electron chi connectivity index (χ2n) is 9.60. The molecule has 0 aromatic heterocycles. The van der Waals surface area contributed by atoms with Crippen LogP contribution in [0.3, 0.4) is 0 Å². The van der Waals surface area contributed by atoms with Crippen LogP contribution in [-0.2, 0) is 33.3 Å². The molecule has 0 spiro atoms. The van der Waals surface area contributed by atoms with Gasteiger partial charge in [-0.1, -0.05) is 25.7 Å². The predicted molar refractivity (Wildman–Crippen MR) is 128 cm³/mol. The Balaban J connectivity index is 1.85. The van der Waals surface area contributed by atoms with Crippen LogP contribution in [0, 0.1) is 0 Å². The van der Waals surface area contributed by atoms with Gasteiger partial charge in [-0.15, -0.1) is 0 Å². The summed E-state index contributed by atoms with van der Waals surface area (Å²) < 4.78 is 26.9. The standard InChI is InChI=1S/C24H43NO13/c1-13(27)25-17-20(31)19(30)15(12-36-24-22(33)21(32)18(29)14(11-26)37-24)38-23(17)35-10-8-6-4-3-5-7-9-16(28)34-2/h14-15,17-24,26,29-33H,3-12H2,1-2H3,(H,25,27)/t14-,15-,17-,18+,19-,20-,21+,22-,23-,24+/m1/s1. The highest BCUT2D eigenvalue weighted by atomic mass is 16.7. The number of aliphatic hydroxyl groups is 6. The van der Waals surface area contributed by atoms with E-state index in [1.807, 2.05) is 0 Å². The molecular weight excluding hydrogens is 510 g/mol. The molecule has 0 unspecified atom stereocenters. The van der Waals surface area contributed by atoms with Crippen molar-refractivity contribution in [3.63, 3.8) is 0 Å². The maximum atomic E-state index is 11.7. The van der Waals surface area contributed by atoms with Crippen LogP contribution in [0.25, 0.3) is 0 Å². The van der Waals surface area contributed by atoms with Crippen molar-refractivity contribution < 1.29 is 63.9 Å². The van der Waals surface area contributed by atoms with Crippen LogP contribution in [-0.4, -0.2) is 131 Å². The van der Waals surface area contributed by atoms with E-state index in [4.69, 9.17) is 18.9 Å². The minimum Gasteiger partial charge on any atom is -0.469 e. The first-order valence-corrected chi connectivity index (χ1v) is 13.0. The van der Waals surface area contributed by atoms with Crippen LogP contribution in [0.2, 0.25) is 0 Å². The van der Waals surface area contributed by atoms with E-state index in [-0.39, 0.29) is 12.6 Å². The molecule has 0 bridgehead atoms. The van der Waals surface area contributed by atoms with Gasteiger partial charge in [-0.25, -0.2) is 0 Å². The van der Waals surface area contributed by atoms with Gasteiger partial charge in [0.05, 0.1) is 20.3 Å². The minimum atomic E-state index is -1.64. The monoisotopic (exact) mass is 553 g/mol. The molecule has 14 heteroatoms. The van der Waals surface area contributed by atoms with Gasteiger partial charge in [0.25, 0.3) is 0 Å². The van der Waals surface area contributed by atoms with E-state index in [0.717, 1.165) is 32.1 Å². The van der Waals surface area contributed by atoms with Crippen molar-refractivity contribution in [2.75, 3.05) is 26.9 Å². The van der Waals surface area contributed by atoms with Gasteiger partial charge >= 0.3 is 5.97 Å². The largest absolute Gasteiger partial charge is 0.469 e. The molecule has 0 saturated carbocycles. The van der Waals surface area contributed by atoms with Crippen LogP contribution < -0.4 is 5.32 Å². The number of aliphatic hydroxyl groups excluding tert-OH is 6. The molecule has 2 rings (SSSR count). The van der Waals surface area contributed by atoms with E-state index in [2.05, 4.69) is 10.1 Å². The molecule has 0 radical (unpaired) electrons. The zero-order valence-corrected chi connectivity index (χ0v) is 21.9. The van der Waals surface area contributed by atoms with Crippen molar-refractivity contribution in [2.24, 2.45) is 0 Å².